The van der Waals surface area contributed by atoms with E-state index in [4.69, 9.17) is 10.5 Å². The van der Waals surface area contributed by atoms with Crippen molar-refractivity contribution >= 4 is 11.7 Å². The molecule has 100 valence electrons. The summed E-state index contributed by atoms with van der Waals surface area (Å²) in [4.78, 5) is 14.1. The molecule has 1 amide bonds. The Kier molecular flexibility index (Phi) is 3.86. The number of amides is 1. The molecular weight excluding hydrogens is 232 g/mol. The number of aromatic nitrogens is 2. The minimum absolute atomic E-state index is 0.0835. The van der Waals surface area contributed by atoms with Gasteiger partial charge in [0.2, 0.25) is 5.91 Å². The van der Waals surface area contributed by atoms with Crippen LogP contribution in [0.5, 0.6) is 0 Å². The van der Waals surface area contributed by atoms with Crippen LogP contribution in [0.25, 0.3) is 0 Å². The van der Waals surface area contributed by atoms with Crippen molar-refractivity contribution in [2.75, 3.05) is 19.4 Å². The predicted octanol–water partition coefficient (Wildman–Crippen LogP) is 0.491. The van der Waals surface area contributed by atoms with Gasteiger partial charge in [-0.3, -0.25) is 9.48 Å². The molecule has 0 spiro atoms. The lowest BCUT2D eigenvalue weighted by molar-refractivity contribution is -0.137. The average molecular weight is 252 g/mol. The van der Waals surface area contributed by atoms with Gasteiger partial charge in [0.1, 0.15) is 12.4 Å². The Bertz CT molecular complexity index is 418. The molecule has 1 saturated heterocycles. The fourth-order valence-electron chi connectivity index (χ4n) is 2.41. The van der Waals surface area contributed by atoms with Crippen molar-refractivity contribution in [1.82, 2.24) is 14.7 Å². The zero-order valence-electron chi connectivity index (χ0n) is 10.9. The molecule has 1 aromatic heterocycles. The summed E-state index contributed by atoms with van der Waals surface area (Å²) in [5, 5.41) is 4.02. The molecule has 0 radical (unpaired) electrons. The van der Waals surface area contributed by atoms with E-state index < -0.39 is 0 Å². The van der Waals surface area contributed by atoms with Gasteiger partial charge >= 0.3 is 0 Å². The number of carbonyl (C=O) groups excluding carboxylic acids is 1. The number of ether oxygens (including phenoxy) is 1. The van der Waals surface area contributed by atoms with Crippen molar-refractivity contribution in [2.45, 2.75) is 38.5 Å². The highest BCUT2D eigenvalue weighted by molar-refractivity contribution is 5.76. The number of hydrogen-bond donors (Lipinski definition) is 1. The predicted molar refractivity (Wildman–Crippen MR) is 67.8 cm³/mol. The van der Waals surface area contributed by atoms with Gasteiger partial charge in [0.05, 0.1) is 6.10 Å². The van der Waals surface area contributed by atoms with Crippen molar-refractivity contribution in [3.8, 4) is 0 Å². The van der Waals surface area contributed by atoms with Gasteiger partial charge in [-0.15, -0.1) is 0 Å². The van der Waals surface area contributed by atoms with Gasteiger partial charge in [-0.1, -0.05) is 0 Å². The Balaban J connectivity index is 1.93. The van der Waals surface area contributed by atoms with Gasteiger partial charge in [-0.05, 0) is 25.8 Å². The first-order valence-electron chi connectivity index (χ1n) is 6.21. The molecule has 1 fully saturated rings. The standard InChI is InChI=1S/C12H20N4O2/c1-9-7-10(18-2)3-6-16(9)12(17)8-15-5-4-11(13)14-15/h4-5,9-10H,3,6-8H2,1-2H3,(H2,13,14). The van der Waals surface area contributed by atoms with E-state index in [1.807, 2.05) is 4.90 Å². The summed E-state index contributed by atoms with van der Waals surface area (Å²) in [5.41, 5.74) is 5.52. The van der Waals surface area contributed by atoms with Gasteiger partial charge in [-0.2, -0.15) is 5.10 Å². The molecule has 6 heteroatoms. The monoisotopic (exact) mass is 252 g/mol. The van der Waals surface area contributed by atoms with E-state index in [9.17, 15) is 4.79 Å². The highest BCUT2D eigenvalue weighted by Crippen LogP contribution is 2.19. The Labute approximate surface area is 107 Å². The Hall–Kier alpha value is -1.56. The second kappa shape index (κ2) is 5.39. The van der Waals surface area contributed by atoms with Gasteiger partial charge in [0.25, 0.3) is 0 Å². The largest absolute Gasteiger partial charge is 0.382 e. The topological polar surface area (TPSA) is 73.4 Å². The molecule has 2 unspecified atom stereocenters. The van der Waals surface area contributed by atoms with Gasteiger partial charge in [0, 0.05) is 25.9 Å². The maximum Gasteiger partial charge on any atom is 0.244 e. The highest BCUT2D eigenvalue weighted by atomic mass is 16.5. The molecule has 2 atom stereocenters. The molecular formula is C12H20N4O2. The molecule has 0 saturated carbocycles. The summed E-state index contributed by atoms with van der Waals surface area (Å²) in [6.07, 6.45) is 3.78. The quantitative estimate of drug-likeness (QED) is 0.849. The molecule has 1 aliphatic rings. The smallest absolute Gasteiger partial charge is 0.244 e. The number of likely N-dealkylation sites (tertiary alicyclic amines) is 1. The van der Waals surface area contributed by atoms with Crippen LogP contribution in [-0.4, -0.2) is 46.4 Å². The highest BCUT2D eigenvalue weighted by Gasteiger charge is 2.28. The van der Waals surface area contributed by atoms with E-state index in [0.29, 0.717) is 5.82 Å². The second-order valence-corrected chi connectivity index (χ2v) is 4.76. The van der Waals surface area contributed by atoms with Crippen LogP contribution in [0.4, 0.5) is 5.82 Å². The van der Waals surface area contributed by atoms with Crippen LogP contribution in [0, 0.1) is 0 Å². The summed E-state index contributed by atoms with van der Waals surface area (Å²) in [5.74, 6) is 0.522. The van der Waals surface area contributed by atoms with Crippen molar-refractivity contribution in [3.05, 3.63) is 12.3 Å². The number of hydrogen-bond acceptors (Lipinski definition) is 4. The fraction of sp³-hybridized carbons (Fsp3) is 0.667. The second-order valence-electron chi connectivity index (χ2n) is 4.76. The average Bonchev–Trinajstić information content (AvgIpc) is 2.74. The third-order valence-electron chi connectivity index (χ3n) is 3.44. The van der Waals surface area contributed by atoms with Gasteiger partial charge < -0.3 is 15.4 Å². The van der Waals surface area contributed by atoms with E-state index in [-0.39, 0.29) is 24.6 Å². The Morgan fingerprint density at radius 1 is 1.67 bits per heavy atom. The van der Waals surface area contributed by atoms with Crippen LogP contribution >= 0.6 is 0 Å². The number of anilines is 1. The molecule has 18 heavy (non-hydrogen) atoms. The molecule has 2 rings (SSSR count). The fourth-order valence-corrected chi connectivity index (χ4v) is 2.41. The first-order chi connectivity index (χ1) is 8.60. The summed E-state index contributed by atoms with van der Waals surface area (Å²) >= 11 is 0. The van der Waals surface area contributed by atoms with Gasteiger partial charge in [0.15, 0.2) is 0 Å². The third kappa shape index (κ3) is 2.81. The minimum atomic E-state index is 0.0835. The van der Waals surface area contributed by atoms with Crippen LogP contribution < -0.4 is 5.73 Å². The Morgan fingerprint density at radius 2 is 2.44 bits per heavy atom. The van der Waals surface area contributed by atoms with E-state index >= 15 is 0 Å². The first-order valence-corrected chi connectivity index (χ1v) is 6.21. The van der Waals surface area contributed by atoms with Crippen LogP contribution in [-0.2, 0) is 16.1 Å². The Morgan fingerprint density at radius 3 is 3.00 bits per heavy atom. The normalized spacial score (nSPS) is 24.2. The maximum atomic E-state index is 12.2. The zero-order chi connectivity index (χ0) is 13.1. The van der Waals surface area contributed by atoms with Crippen LogP contribution in [0.1, 0.15) is 19.8 Å². The third-order valence-corrected chi connectivity index (χ3v) is 3.44. The molecule has 1 aliphatic heterocycles. The number of nitrogen functional groups attached to an aromatic ring is 1. The molecule has 1 aromatic rings. The van der Waals surface area contributed by atoms with Crippen LogP contribution in [0.2, 0.25) is 0 Å². The summed E-state index contributed by atoms with van der Waals surface area (Å²) in [7, 11) is 1.72. The molecule has 0 aromatic carbocycles. The number of nitrogens with two attached hydrogens (primary N) is 1. The number of nitrogens with zero attached hydrogens (tertiary/aromatic N) is 3. The number of carbonyl (C=O) groups is 1. The van der Waals surface area contributed by atoms with Crippen LogP contribution in [0.15, 0.2) is 12.3 Å². The van der Waals surface area contributed by atoms with Crippen molar-refractivity contribution in [1.29, 1.82) is 0 Å². The van der Waals surface area contributed by atoms with E-state index in [1.54, 1.807) is 24.1 Å². The summed E-state index contributed by atoms with van der Waals surface area (Å²) in [6.45, 7) is 3.05. The van der Waals surface area contributed by atoms with E-state index in [0.717, 1.165) is 19.4 Å². The maximum absolute atomic E-state index is 12.2. The SMILES string of the molecule is COC1CCN(C(=O)Cn2ccc(N)n2)C(C)C1. The minimum Gasteiger partial charge on any atom is -0.382 e. The summed E-state index contributed by atoms with van der Waals surface area (Å²) in [6, 6.07) is 1.90. The summed E-state index contributed by atoms with van der Waals surface area (Å²) < 4.78 is 6.92. The van der Waals surface area contributed by atoms with Crippen LogP contribution in [0.3, 0.4) is 0 Å². The molecule has 0 aliphatic carbocycles. The number of methoxy groups -OCH3 is 1. The van der Waals surface area contributed by atoms with Crippen molar-refractivity contribution < 1.29 is 9.53 Å². The molecule has 2 heterocycles. The lowest BCUT2D eigenvalue weighted by Gasteiger charge is -2.37. The molecule has 6 nitrogen and oxygen atoms in total. The van der Waals surface area contributed by atoms with Gasteiger partial charge in [-0.25, -0.2) is 0 Å². The molecule has 2 N–H and O–H groups in total. The lowest BCUT2D eigenvalue weighted by Crippen LogP contribution is -2.47. The van der Waals surface area contributed by atoms with Crippen molar-refractivity contribution in [2.24, 2.45) is 0 Å². The lowest BCUT2D eigenvalue weighted by atomic mass is 10.0. The first kappa shape index (κ1) is 12.9. The van der Waals surface area contributed by atoms with E-state index in [1.165, 1.54) is 0 Å². The number of piperidine rings is 1. The van der Waals surface area contributed by atoms with Crippen molar-refractivity contribution in [3.63, 3.8) is 0 Å². The number of rotatable bonds is 3. The zero-order valence-corrected chi connectivity index (χ0v) is 10.9. The molecule has 0 bridgehead atoms. The van der Waals surface area contributed by atoms with E-state index in [2.05, 4.69) is 12.0 Å².